The van der Waals surface area contributed by atoms with Crippen molar-refractivity contribution in [3.05, 3.63) is 29.8 Å². The number of carbonyl (C=O) groups excluding carboxylic acids is 1. The number of nitrogens with one attached hydrogen (secondary N) is 1. The Kier molecular flexibility index (Phi) is 3.12. The number of carboxylic acids is 1. The maximum atomic E-state index is 12.0. The van der Waals surface area contributed by atoms with Gasteiger partial charge in [-0.3, -0.25) is 9.59 Å². The third kappa shape index (κ3) is 2.13. The molecule has 2 N–H and O–H groups in total. The van der Waals surface area contributed by atoms with Crippen LogP contribution in [-0.4, -0.2) is 30.1 Å². The average Bonchev–Trinajstić information content (AvgIpc) is 3.26. The molecule has 20 heavy (non-hydrogen) atoms. The third-order valence-electron chi connectivity index (χ3n) is 4.19. The Morgan fingerprint density at radius 3 is 2.80 bits per heavy atom. The van der Waals surface area contributed by atoms with Gasteiger partial charge in [-0.1, -0.05) is 18.2 Å². The van der Waals surface area contributed by atoms with Gasteiger partial charge in [-0.05, 0) is 30.9 Å². The molecule has 1 aliphatic heterocycles. The maximum Gasteiger partial charge on any atom is 0.319 e. The van der Waals surface area contributed by atoms with Crippen molar-refractivity contribution in [3.63, 3.8) is 0 Å². The van der Waals surface area contributed by atoms with Gasteiger partial charge >= 0.3 is 5.97 Å². The number of rotatable bonds is 4. The molecule has 1 aromatic carbocycles. The first-order valence-corrected chi connectivity index (χ1v) is 6.87. The summed E-state index contributed by atoms with van der Waals surface area (Å²) in [5.74, 6) is -0.317. The molecule has 3 rings (SSSR count). The Bertz CT molecular complexity index is 551. The van der Waals surface area contributed by atoms with Crippen LogP contribution in [0.3, 0.4) is 0 Å². The van der Waals surface area contributed by atoms with Crippen LogP contribution in [0.1, 0.15) is 30.7 Å². The van der Waals surface area contributed by atoms with Gasteiger partial charge in [-0.2, -0.15) is 0 Å². The Labute approximate surface area is 116 Å². The number of para-hydroxylation sites is 1. The first-order chi connectivity index (χ1) is 9.63. The molecule has 1 aliphatic carbocycles. The predicted octanol–water partition coefficient (Wildman–Crippen LogP) is 1.53. The second-order valence-corrected chi connectivity index (χ2v) is 5.47. The number of aliphatic carboxylic acids is 1. The molecule has 1 aromatic rings. The van der Waals surface area contributed by atoms with Gasteiger partial charge in [-0.25, -0.2) is 0 Å². The molecule has 1 atom stereocenters. The van der Waals surface area contributed by atoms with Crippen LogP contribution < -0.4 is 10.1 Å². The summed E-state index contributed by atoms with van der Waals surface area (Å²) in [6, 6.07) is 7.78. The summed E-state index contributed by atoms with van der Waals surface area (Å²) >= 11 is 0. The van der Waals surface area contributed by atoms with Gasteiger partial charge in [0.05, 0.1) is 6.61 Å². The lowest BCUT2D eigenvalue weighted by Gasteiger charge is -2.26. The van der Waals surface area contributed by atoms with Crippen molar-refractivity contribution >= 4 is 11.9 Å². The number of carboxylic acid groups (broad SMARTS) is 1. The minimum absolute atomic E-state index is 0.188. The van der Waals surface area contributed by atoms with Crippen LogP contribution in [0.2, 0.25) is 0 Å². The molecule has 2 aliphatic rings. The molecule has 1 fully saturated rings. The first-order valence-electron chi connectivity index (χ1n) is 6.87. The summed E-state index contributed by atoms with van der Waals surface area (Å²) in [5.41, 5.74) is -0.0794. The van der Waals surface area contributed by atoms with Gasteiger partial charge in [0, 0.05) is 12.5 Å². The first kappa shape index (κ1) is 13.0. The van der Waals surface area contributed by atoms with E-state index in [0.717, 1.165) is 17.7 Å². The van der Waals surface area contributed by atoms with Gasteiger partial charge < -0.3 is 15.2 Å². The molecule has 106 valence electrons. The predicted molar refractivity (Wildman–Crippen MR) is 71.6 cm³/mol. The van der Waals surface area contributed by atoms with E-state index in [0.29, 0.717) is 26.0 Å². The molecule has 0 saturated heterocycles. The van der Waals surface area contributed by atoms with Gasteiger partial charge in [0.2, 0.25) is 5.91 Å². The Morgan fingerprint density at radius 1 is 1.35 bits per heavy atom. The quantitative estimate of drug-likeness (QED) is 0.817. The van der Waals surface area contributed by atoms with Crippen LogP contribution in [0, 0.1) is 5.41 Å². The van der Waals surface area contributed by atoms with Gasteiger partial charge in [0.1, 0.15) is 11.2 Å². The normalized spacial score (nSPS) is 22.3. The van der Waals surface area contributed by atoms with E-state index in [4.69, 9.17) is 9.84 Å². The zero-order chi connectivity index (χ0) is 14.2. The maximum absolute atomic E-state index is 12.0. The summed E-state index contributed by atoms with van der Waals surface area (Å²) < 4.78 is 5.57. The lowest BCUT2D eigenvalue weighted by molar-refractivity contribution is -0.149. The minimum Gasteiger partial charge on any atom is -0.493 e. The number of hydrogen-bond acceptors (Lipinski definition) is 3. The molecule has 0 radical (unpaired) electrons. The number of amides is 1. The molecule has 5 nitrogen and oxygen atoms in total. The average molecular weight is 275 g/mol. The number of hydrogen-bond donors (Lipinski definition) is 2. The number of fused-ring (bicyclic) bond motifs is 1. The summed E-state index contributed by atoms with van der Waals surface area (Å²) in [6.45, 7) is 1.09. The number of ether oxygens (including phenoxy) is 1. The second kappa shape index (κ2) is 4.81. The highest BCUT2D eigenvalue weighted by Crippen LogP contribution is 2.46. The fourth-order valence-electron chi connectivity index (χ4n) is 2.68. The summed E-state index contributed by atoms with van der Waals surface area (Å²) in [7, 11) is 0. The zero-order valence-corrected chi connectivity index (χ0v) is 11.1. The molecule has 5 heteroatoms. The van der Waals surface area contributed by atoms with Crippen molar-refractivity contribution in [1.29, 1.82) is 0 Å². The van der Waals surface area contributed by atoms with E-state index in [2.05, 4.69) is 5.32 Å². The van der Waals surface area contributed by atoms with Crippen molar-refractivity contribution in [2.24, 2.45) is 5.41 Å². The molecule has 0 aromatic heterocycles. The molecule has 1 heterocycles. The monoisotopic (exact) mass is 275 g/mol. The van der Waals surface area contributed by atoms with E-state index in [-0.39, 0.29) is 11.8 Å². The smallest absolute Gasteiger partial charge is 0.319 e. The number of carbonyl (C=O) groups is 2. The van der Waals surface area contributed by atoms with Gasteiger partial charge in [0.25, 0.3) is 0 Å². The molecular formula is C15H17NO4. The standard InChI is InChI=1S/C15H17NO4/c17-13(15(6-7-15)14(18)19)16-9-10-5-8-20-12-4-2-1-3-11(10)12/h1-4,10H,5-9H2,(H,16,17)(H,18,19). The van der Waals surface area contributed by atoms with Crippen molar-refractivity contribution in [3.8, 4) is 5.75 Å². The number of benzene rings is 1. The van der Waals surface area contributed by atoms with Gasteiger partial charge in [0.15, 0.2) is 0 Å². The minimum atomic E-state index is -1.16. The highest BCUT2D eigenvalue weighted by atomic mass is 16.5. The van der Waals surface area contributed by atoms with E-state index < -0.39 is 11.4 Å². The largest absolute Gasteiger partial charge is 0.493 e. The van der Waals surface area contributed by atoms with Crippen molar-refractivity contribution in [1.82, 2.24) is 5.32 Å². The summed E-state index contributed by atoms with van der Waals surface area (Å²) in [6.07, 6.45) is 1.72. The van der Waals surface area contributed by atoms with E-state index in [9.17, 15) is 9.59 Å². The van der Waals surface area contributed by atoms with Crippen LogP contribution >= 0.6 is 0 Å². The van der Waals surface area contributed by atoms with Crippen LogP contribution in [0.5, 0.6) is 5.75 Å². The topological polar surface area (TPSA) is 75.6 Å². The van der Waals surface area contributed by atoms with Crippen LogP contribution in [0.25, 0.3) is 0 Å². The van der Waals surface area contributed by atoms with E-state index in [1.807, 2.05) is 24.3 Å². The van der Waals surface area contributed by atoms with Crippen LogP contribution in [0.15, 0.2) is 24.3 Å². The Morgan fingerprint density at radius 2 is 2.10 bits per heavy atom. The van der Waals surface area contributed by atoms with Gasteiger partial charge in [-0.15, -0.1) is 0 Å². The molecule has 0 bridgehead atoms. The second-order valence-electron chi connectivity index (χ2n) is 5.47. The zero-order valence-electron chi connectivity index (χ0n) is 11.1. The molecule has 1 amide bonds. The Balaban J connectivity index is 1.65. The van der Waals surface area contributed by atoms with E-state index >= 15 is 0 Å². The SMILES string of the molecule is O=C(O)C1(C(=O)NCC2CCOc3ccccc32)CC1. The lowest BCUT2D eigenvalue weighted by atomic mass is 9.93. The van der Waals surface area contributed by atoms with E-state index in [1.165, 1.54) is 0 Å². The fourth-order valence-corrected chi connectivity index (χ4v) is 2.68. The van der Waals surface area contributed by atoms with E-state index in [1.54, 1.807) is 0 Å². The van der Waals surface area contributed by atoms with Crippen molar-refractivity contribution < 1.29 is 19.4 Å². The highest BCUT2D eigenvalue weighted by molar-refractivity contribution is 6.04. The summed E-state index contributed by atoms with van der Waals surface area (Å²) in [5, 5.41) is 11.9. The third-order valence-corrected chi connectivity index (χ3v) is 4.19. The molecule has 0 spiro atoms. The summed E-state index contributed by atoms with van der Waals surface area (Å²) in [4.78, 5) is 23.1. The molecule has 1 saturated carbocycles. The molecular weight excluding hydrogens is 258 g/mol. The van der Waals surface area contributed by atoms with Crippen molar-refractivity contribution in [2.45, 2.75) is 25.2 Å². The van der Waals surface area contributed by atoms with Crippen molar-refractivity contribution in [2.75, 3.05) is 13.2 Å². The molecule has 1 unspecified atom stereocenters. The lowest BCUT2D eigenvalue weighted by Crippen LogP contribution is -2.39. The van der Waals surface area contributed by atoms with Crippen LogP contribution in [0.4, 0.5) is 0 Å². The van der Waals surface area contributed by atoms with Crippen LogP contribution in [-0.2, 0) is 9.59 Å². The highest BCUT2D eigenvalue weighted by Gasteiger charge is 2.57. The Hall–Kier alpha value is -2.04. The fraction of sp³-hybridized carbons (Fsp3) is 0.467.